The van der Waals surface area contributed by atoms with Crippen LogP contribution in [0.2, 0.25) is 10.0 Å². The first-order valence-corrected chi connectivity index (χ1v) is 11.8. The van der Waals surface area contributed by atoms with Crippen LogP contribution in [-0.4, -0.2) is 17.4 Å². The number of nitrogens with zero attached hydrogens (tertiary/aromatic N) is 3. The Balaban J connectivity index is 1.99. The molecule has 0 aliphatic carbocycles. The first kappa shape index (κ1) is 21.6. The van der Waals surface area contributed by atoms with Crippen molar-refractivity contribution < 1.29 is 8.42 Å². The molecule has 0 radical (unpaired) electrons. The number of aromatic nitrogens is 2. The van der Waals surface area contributed by atoms with E-state index < -0.39 is 10.0 Å². The van der Waals surface area contributed by atoms with Crippen molar-refractivity contribution in [2.75, 3.05) is 0 Å². The monoisotopic (exact) mass is 531 g/mol. The summed E-state index contributed by atoms with van der Waals surface area (Å²) in [6.07, 6.45) is 4.51. The third kappa shape index (κ3) is 4.00. The number of hydrogen-bond acceptors (Lipinski definition) is 4. The van der Waals surface area contributed by atoms with E-state index >= 15 is 0 Å². The van der Waals surface area contributed by atoms with Gasteiger partial charge in [0.2, 0.25) is 0 Å². The largest absolute Gasteiger partial charge is 0.269 e. The normalized spacial score (nSPS) is 12.1. The maximum absolute atomic E-state index is 13.3. The highest BCUT2D eigenvalue weighted by Crippen LogP contribution is 2.34. The maximum atomic E-state index is 13.3. The van der Waals surface area contributed by atoms with Crippen LogP contribution >= 0.6 is 39.1 Å². The van der Waals surface area contributed by atoms with E-state index in [1.54, 1.807) is 48.5 Å². The van der Waals surface area contributed by atoms with Crippen LogP contribution in [0.3, 0.4) is 0 Å². The van der Waals surface area contributed by atoms with Gasteiger partial charge < -0.3 is 0 Å². The van der Waals surface area contributed by atoms with Crippen molar-refractivity contribution in [3.63, 3.8) is 0 Å². The lowest BCUT2D eigenvalue weighted by Crippen LogP contribution is -2.12. The molecule has 2 aromatic carbocycles. The lowest BCUT2D eigenvalue weighted by atomic mass is 10.0. The fourth-order valence-corrected chi connectivity index (χ4v) is 5.44. The van der Waals surface area contributed by atoms with E-state index in [4.69, 9.17) is 23.2 Å². The van der Waals surface area contributed by atoms with Crippen molar-refractivity contribution in [3.8, 4) is 6.07 Å². The SMILES string of the molecule is N#CC(=Cc1cn(S(=O)(=O)c2ccccc2)c2ncc(Br)cc12)c1c(Cl)cccc1Cl. The minimum Gasteiger partial charge on any atom is -0.236 e. The molecule has 0 amide bonds. The minimum absolute atomic E-state index is 0.127. The molecule has 0 spiro atoms. The van der Waals surface area contributed by atoms with Gasteiger partial charge in [0.1, 0.15) is 0 Å². The summed E-state index contributed by atoms with van der Waals surface area (Å²) in [6.45, 7) is 0. The van der Waals surface area contributed by atoms with E-state index in [1.807, 2.05) is 0 Å². The third-order valence-corrected chi connectivity index (χ3v) is 7.29. The Kier molecular flexibility index (Phi) is 5.91. The van der Waals surface area contributed by atoms with Crippen molar-refractivity contribution in [2.24, 2.45) is 0 Å². The second-order valence-corrected chi connectivity index (χ2v) is 10.0. The summed E-state index contributed by atoms with van der Waals surface area (Å²) in [7, 11) is -3.91. The molecule has 0 saturated heterocycles. The van der Waals surface area contributed by atoms with Crippen molar-refractivity contribution in [3.05, 3.63) is 92.6 Å². The van der Waals surface area contributed by atoms with Gasteiger partial charge in [-0.2, -0.15) is 5.26 Å². The average molecular weight is 533 g/mol. The van der Waals surface area contributed by atoms with Crippen LogP contribution in [0.1, 0.15) is 11.1 Å². The summed E-state index contributed by atoms with van der Waals surface area (Å²) >= 11 is 15.9. The van der Waals surface area contributed by atoms with Gasteiger partial charge >= 0.3 is 0 Å². The highest BCUT2D eigenvalue weighted by atomic mass is 79.9. The number of rotatable bonds is 4. The zero-order valence-corrected chi connectivity index (χ0v) is 19.5. The Morgan fingerprint density at radius 2 is 1.77 bits per heavy atom. The minimum atomic E-state index is -3.91. The zero-order valence-electron chi connectivity index (χ0n) is 15.6. The van der Waals surface area contributed by atoms with E-state index in [-0.39, 0.29) is 16.1 Å². The molecule has 31 heavy (non-hydrogen) atoms. The first-order chi connectivity index (χ1) is 14.8. The van der Waals surface area contributed by atoms with Gasteiger partial charge in [0, 0.05) is 33.4 Å². The molecule has 2 heterocycles. The van der Waals surface area contributed by atoms with E-state index in [0.717, 1.165) is 3.97 Å². The molecule has 154 valence electrons. The van der Waals surface area contributed by atoms with Gasteiger partial charge in [-0.25, -0.2) is 17.4 Å². The summed E-state index contributed by atoms with van der Waals surface area (Å²) < 4.78 is 28.3. The molecule has 0 aliphatic heterocycles. The second kappa shape index (κ2) is 8.48. The lowest BCUT2D eigenvalue weighted by Gasteiger charge is -2.06. The summed E-state index contributed by atoms with van der Waals surface area (Å²) in [5.74, 6) is 0. The van der Waals surface area contributed by atoms with Crippen molar-refractivity contribution >= 4 is 71.8 Å². The number of benzene rings is 2. The summed E-state index contributed by atoms with van der Waals surface area (Å²) in [5, 5.41) is 11.0. The van der Waals surface area contributed by atoms with E-state index in [0.29, 0.717) is 31.0 Å². The van der Waals surface area contributed by atoms with Crippen LogP contribution in [0, 0.1) is 11.3 Å². The smallest absolute Gasteiger partial charge is 0.236 e. The molecule has 4 rings (SSSR count). The van der Waals surface area contributed by atoms with Gasteiger partial charge in [0.05, 0.1) is 26.6 Å². The van der Waals surface area contributed by atoms with Gasteiger partial charge in [-0.3, -0.25) is 0 Å². The lowest BCUT2D eigenvalue weighted by molar-refractivity contribution is 0.588. The van der Waals surface area contributed by atoms with Crippen LogP contribution in [0.15, 0.2) is 76.4 Å². The number of allylic oxidation sites excluding steroid dienone is 1. The molecule has 0 aliphatic rings. The fraction of sp³-hybridized carbons (Fsp3) is 0. The Morgan fingerprint density at radius 1 is 1.10 bits per heavy atom. The number of nitriles is 1. The molecular weight excluding hydrogens is 521 g/mol. The Morgan fingerprint density at radius 3 is 2.42 bits per heavy atom. The van der Waals surface area contributed by atoms with Crippen LogP contribution in [0.5, 0.6) is 0 Å². The van der Waals surface area contributed by atoms with E-state index in [1.165, 1.54) is 24.5 Å². The van der Waals surface area contributed by atoms with Gasteiger partial charge in [0.25, 0.3) is 10.0 Å². The van der Waals surface area contributed by atoms with Crippen molar-refractivity contribution in [1.82, 2.24) is 8.96 Å². The molecule has 0 saturated carbocycles. The molecule has 0 bridgehead atoms. The molecule has 0 fully saturated rings. The van der Waals surface area contributed by atoms with Crippen molar-refractivity contribution in [2.45, 2.75) is 4.90 Å². The standard InChI is InChI=1S/C22H12BrCl2N3O2S/c23-16-10-18-15(9-14(11-26)21-19(24)7-4-8-20(21)25)13-28(22(18)27-12-16)31(29,30)17-5-2-1-3-6-17/h1-10,12-13H. The second-order valence-electron chi connectivity index (χ2n) is 6.49. The highest BCUT2D eigenvalue weighted by molar-refractivity contribution is 9.10. The molecule has 2 aromatic heterocycles. The zero-order chi connectivity index (χ0) is 22.2. The number of halogens is 3. The van der Waals surface area contributed by atoms with Crippen LogP contribution in [0.4, 0.5) is 0 Å². The molecule has 0 N–H and O–H groups in total. The Bertz CT molecular complexity index is 1470. The topological polar surface area (TPSA) is 75.8 Å². The predicted molar refractivity (Wildman–Crippen MR) is 126 cm³/mol. The first-order valence-electron chi connectivity index (χ1n) is 8.86. The summed E-state index contributed by atoms with van der Waals surface area (Å²) in [5.41, 5.74) is 1.30. The Labute approximate surface area is 197 Å². The maximum Gasteiger partial charge on any atom is 0.269 e. The fourth-order valence-electron chi connectivity index (χ4n) is 3.15. The van der Waals surface area contributed by atoms with Crippen LogP contribution in [-0.2, 0) is 10.0 Å². The van der Waals surface area contributed by atoms with Crippen LogP contribution in [0.25, 0.3) is 22.7 Å². The van der Waals surface area contributed by atoms with E-state index in [2.05, 4.69) is 27.0 Å². The number of fused-ring (bicyclic) bond motifs is 1. The predicted octanol–water partition coefficient (Wildman–Crippen LogP) is 6.41. The molecule has 4 aromatic rings. The van der Waals surface area contributed by atoms with E-state index in [9.17, 15) is 13.7 Å². The van der Waals surface area contributed by atoms with Gasteiger partial charge in [-0.15, -0.1) is 0 Å². The highest BCUT2D eigenvalue weighted by Gasteiger charge is 2.22. The summed E-state index contributed by atoms with van der Waals surface area (Å²) in [6, 6.07) is 16.9. The number of hydrogen-bond donors (Lipinski definition) is 0. The molecule has 9 heteroatoms. The molecular formula is C22H12BrCl2N3O2S. The summed E-state index contributed by atoms with van der Waals surface area (Å²) in [4.78, 5) is 4.43. The molecule has 0 unspecified atom stereocenters. The van der Waals surface area contributed by atoms with Crippen LogP contribution < -0.4 is 0 Å². The van der Waals surface area contributed by atoms with Crippen molar-refractivity contribution in [1.29, 1.82) is 5.26 Å². The third-order valence-electron chi connectivity index (χ3n) is 4.56. The van der Waals surface area contributed by atoms with Gasteiger partial charge in [-0.1, -0.05) is 47.5 Å². The van der Waals surface area contributed by atoms with Gasteiger partial charge in [0.15, 0.2) is 5.65 Å². The quantitative estimate of drug-likeness (QED) is 0.285. The molecule has 0 atom stereocenters. The Hall–Kier alpha value is -2.63. The molecule has 5 nitrogen and oxygen atoms in total. The average Bonchev–Trinajstić information content (AvgIpc) is 3.11. The number of pyridine rings is 1. The van der Waals surface area contributed by atoms with Gasteiger partial charge in [-0.05, 0) is 52.3 Å².